The molecular weight excluding hydrogens is 416 g/mol. The zero-order valence-corrected chi connectivity index (χ0v) is 18.0. The van der Waals surface area contributed by atoms with E-state index < -0.39 is 11.5 Å². The van der Waals surface area contributed by atoms with Gasteiger partial charge in [-0.1, -0.05) is 0 Å². The van der Waals surface area contributed by atoms with Crippen LogP contribution in [0, 0.1) is 0 Å². The van der Waals surface area contributed by atoms with Crippen molar-refractivity contribution in [1.82, 2.24) is 9.47 Å². The first-order valence-electron chi connectivity index (χ1n) is 10.3. The average molecular weight is 442 g/mol. The molecule has 0 spiro atoms. The van der Waals surface area contributed by atoms with Gasteiger partial charge in [-0.25, -0.2) is 0 Å². The third-order valence-corrected chi connectivity index (χ3v) is 5.59. The van der Waals surface area contributed by atoms with Gasteiger partial charge in [0, 0.05) is 37.8 Å². The zero-order valence-electron chi connectivity index (χ0n) is 18.0. The Balaban J connectivity index is 1.84. The number of benzene rings is 1. The average Bonchev–Trinajstić information content (AvgIpc) is 3.45. The van der Waals surface area contributed by atoms with Crippen LogP contribution >= 0.6 is 0 Å². The number of furan rings is 1. The van der Waals surface area contributed by atoms with E-state index in [0.717, 1.165) is 13.1 Å². The maximum Gasteiger partial charge on any atom is 0.235 e. The van der Waals surface area contributed by atoms with Gasteiger partial charge < -0.3 is 33.4 Å². The van der Waals surface area contributed by atoms with E-state index in [1.165, 1.54) is 24.0 Å². The summed E-state index contributed by atoms with van der Waals surface area (Å²) in [5.74, 6) is -0.366. The topological polar surface area (TPSA) is 107 Å². The number of hydrogen-bond acceptors (Lipinski definition) is 8. The second kappa shape index (κ2) is 9.37. The Labute approximate surface area is 185 Å². The molecule has 2 aromatic heterocycles. The van der Waals surface area contributed by atoms with Crippen LogP contribution in [0.1, 0.15) is 16.1 Å². The summed E-state index contributed by atoms with van der Waals surface area (Å²) in [5.41, 5.74) is 0.817. The molecule has 9 heteroatoms. The fourth-order valence-electron chi connectivity index (χ4n) is 3.90. The van der Waals surface area contributed by atoms with Gasteiger partial charge in [0.2, 0.25) is 11.7 Å². The summed E-state index contributed by atoms with van der Waals surface area (Å²) in [5, 5.41) is 21.6. The molecule has 0 radical (unpaired) electrons. The van der Waals surface area contributed by atoms with E-state index in [1.807, 2.05) is 0 Å². The summed E-state index contributed by atoms with van der Waals surface area (Å²) in [6, 6.07) is 8.25. The zero-order chi connectivity index (χ0) is 22.7. The highest BCUT2D eigenvalue weighted by Gasteiger charge is 2.32. The molecule has 0 amide bonds. The number of aromatic nitrogens is 1. The number of carbonyl (C=O) groups excluding carboxylic acids is 1. The monoisotopic (exact) mass is 442 g/mol. The third-order valence-electron chi connectivity index (χ3n) is 5.59. The van der Waals surface area contributed by atoms with Gasteiger partial charge in [0.1, 0.15) is 11.5 Å². The summed E-state index contributed by atoms with van der Waals surface area (Å²) < 4.78 is 23.0. The highest BCUT2D eigenvalue weighted by molar-refractivity contribution is 6.14. The van der Waals surface area contributed by atoms with Gasteiger partial charge in [-0.05, 0) is 24.3 Å². The Bertz CT molecular complexity index is 1080. The fourth-order valence-corrected chi connectivity index (χ4v) is 3.90. The summed E-state index contributed by atoms with van der Waals surface area (Å²) in [7, 11) is 3.05. The van der Waals surface area contributed by atoms with Crippen LogP contribution in [0.3, 0.4) is 0 Å². The second-order valence-corrected chi connectivity index (χ2v) is 7.37. The number of nitrogens with zero attached hydrogens (tertiary/aromatic N) is 2. The van der Waals surface area contributed by atoms with Crippen LogP contribution in [0.25, 0.3) is 11.3 Å². The van der Waals surface area contributed by atoms with E-state index in [9.17, 15) is 15.0 Å². The minimum atomic E-state index is -0.541. The van der Waals surface area contributed by atoms with Gasteiger partial charge in [-0.2, -0.15) is 0 Å². The van der Waals surface area contributed by atoms with Crippen molar-refractivity contribution in [2.45, 2.75) is 6.54 Å². The van der Waals surface area contributed by atoms with Gasteiger partial charge in [-0.3, -0.25) is 9.69 Å². The SMILES string of the molecule is COc1ccc(-c2c(C(=O)c3ccco3)c(O)c(O)n2CCN2CCOCC2)c(OC)c1. The van der Waals surface area contributed by atoms with E-state index in [2.05, 4.69) is 4.90 Å². The molecular formula is C23H26N2O7. The first-order valence-corrected chi connectivity index (χ1v) is 10.3. The summed E-state index contributed by atoms with van der Waals surface area (Å²) in [6.07, 6.45) is 1.38. The molecule has 0 unspecified atom stereocenters. The Morgan fingerprint density at radius 1 is 1.09 bits per heavy atom. The normalized spacial score (nSPS) is 14.4. The Morgan fingerprint density at radius 3 is 2.53 bits per heavy atom. The first kappa shape index (κ1) is 21.8. The summed E-state index contributed by atoms with van der Waals surface area (Å²) >= 11 is 0. The van der Waals surface area contributed by atoms with Gasteiger partial charge >= 0.3 is 0 Å². The van der Waals surface area contributed by atoms with Crippen molar-refractivity contribution < 1.29 is 33.6 Å². The standard InChI is InChI=1S/C23H26N2O7/c1-29-15-5-6-16(18(14-15)30-2)20-19(21(26)17-4-3-11-32-17)22(27)23(28)25(20)8-7-24-9-12-31-13-10-24/h3-6,11,14,27-28H,7-10,12-13H2,1-2H3. The number of rotatable bonds is 8. The lowest BCUT2D eigenvalue weighted by atomic mass is 10.0. The Morgan fingerprint density at radius 2 is 1.88 bits per heavy atom. The van der Waals surface area contributed by atoms with Crippen molar-refractivity contribution >= 4 is 5.78 Å². The summed E-state index contributed by atoms with van der Waals surface area (Å²) in [6.45, 7) is 3.77. The number of hydrogen-bond donors (Lipinski definition) is 2. The minimum absolute atomic E-state index is 0.0529. The van der Waals surface area contributed by atoms with Crippen LogP contribution in [0.15, 0.2) is 41.0 Å². The quantitative estimate of drug-likeness (QED) is 0.513. The lowest BCUT2D eigenvalue weighted by Gasteiger charge is -2.27. The highest BCUT2D eigenvalue weighted by Crippen LogP contribution is 2.45. The molecule has 1 saturated heterocycles. The maximum atomic E-state index is 13.2. The van der Waals surface area contributed by atoms with Crippen molar-refractivity contribution in [3.05, 3.63) is 47.9 Å². The molecule has 170 valence electrons. The smallest absolute Gasteiger partial charge is 0.235 e. The molecule has 3 aromatic rings. The number of ether oxygens (including phenoxy) is 3. The Kier molecular flexibility index (Phi) is 6.38. The molecule has 1 aromatic carbocycles. The molecule has 0 bridgehead atoms. The lowest BCUT2D eigenvalue weighted by Crippen LogP contribution is -2.38. The molecule has 0 atom stereocenters. The predicted molar refractivity (Wildman–Crippen MR) is 116 cm³/mol. The second-order valence-electron chi connectivity index (χ2n) is 7.37. The number of morpholine rings is 1. The molecule has 1 aliphatic heterocycles. The van der Waals surface area contributed by atoms with E-state index in [-0.39, 0.29) is 17.2 Å². The molecule has 2 N–H and O–H groups in total. The summed E-state index contributed by atoms with van der Waals surface area (Å²) in [4.78, 5) is 15.4. The largest absolute Gasteiger partial charge is 0.503 e. The van der Waals surface area contributed by atoms with Crippen LogP contribution < -0.4 is 9.47 Å². The maximum absolute atomic E-state index is 13.2. The van der Waals surface area contributed by atoms with Crippen LogP contribution in [-0.2, 0) is 11.3 Å². The van der Waals surface area contributed by atoms with Crippen molar-refractivity contribution in [3.63, 3.8) is 0 Å². The van der Waals surface area contributed by atoms with Gasteiger partial charge in [0.15, 0.2) is 11.5 Å². The van der Waals surface area contributed by atoms with Crippen molar-refractivity contribution in [3.8, 4) is 34.4 Å². The van der Waals surface area contributed by atoms with Gasteiger partial charge in [0.25, 0.3) is 0 Å². The molecule has 4 rings (SSSR count). The lowest BCUT2D eigenvalue weighted by molar-refractivity contribution is 0.0362. The number of ketones is 1. The molecule has 32 heavy (non-hydrogen) atoms. The predicted octanol–water partition coefficient (Wildman–Crippen LogP) is 2.74. The van der Waals surface area contributed by atoms with Crippen molar-refractivity contribution in [1.29, 1.82) is 0 Å². The van der Waals surface area contributed by atoms with Crippen LogP contribution in [0.4, 0.5) is 0 Å². The van der Waals surface area contributed by atoms with E-state index >= 15 is 0 Å². The molecule has 0 saturated carbocycles. The first-order chi connectivity index (χ1) is 15.5. The fraction of sp³-hybridized carbons (Fsp3) is 0.348. The molecule has 1 fully saturated rings. The van der Waals surface area contributed by atoms with Crippen molar-refractivity contribution in [2.24, 2.45) is 0 Å². The van der Waals surface area contributed by atoms with E-state index in [0.29, 0.717) is 49.1 Å². The van der Waals surface area contributed by atoms with Crippen LogP contribution in [0.5, 0.6) is 23.1 Å². The van der Waals surface area contributed by atoms with Crippen molar-refractivity contribution in [2.75, 3.05) is 47.1 Å². The van der Waals surface area contributed by atoms with Gasteiger partial charge in [-0.15, -0.1) is 0 Å². The van der Waals surface area contributed by atoms with Gasteiger partial charge in [0.05, 0.1) is 45.0 Å². The molecule has 9 nitrogen and oxygen atoms in total. The third kappa shape index (κ3) is 4.04. The van der Waals surface area contributed by atoms with Crippen LogP contribution in [0.2, 0.25) is 0 Å². The molecule has 1 aliphatic rings. The number of methoxy groups -OCH3 is 2. The van der Waals surface area contributed by atoms with Crippen LogP contribution in [-0.4, -0.2) is 72.5 Å². The molecule has 3 heterocycles. The highest BCUT2D eigenvalue weighted by atomic mass is 16.5. The molecule has 0 aliphatic carbocycles. The van der Waals surface area contributed by atoms with E-state index in [4.69, 9.17) is 18.6 Å². The Hall–Kier alpha value is -3.43. The minimum Gasteiger partial charge on any atom is -0.503 e. The number of carbonyl (C=O) groups is 1. The van der Waals surface area contributed by atoms with E-state index in [1.54, 1.807) is 31.4 Å². The number of aromatic hydroxyl groups is 2.